The number of ketones is 1. The molecule has 1 aliphatic rings. The summed E-state index contributed by atoms with van der Waals surface area (Å²) in [6.45, 7) is 3.28. The quantitative estimate of drug-likeness (QED) is 0.865. The van der Waals surface area contributed by atoms with Gasteiger partial charge in [-0.2, -0.15) is 0 Å². The van der Waals surface area contributed by atoms with Crippen LogP contribution in [0.5, 0.6) is 0 Å². The van der Waals surface area contributed by atoms with E-state index in [1.807, 2.05) is 0 Å². The van der Waals surface area contributed by atoms with Gasteiger partial charge in [0.1, 0.15) is 23.2 Å². The van der Waals surface area contributed by atoms with Gasteiger partial charge in [-0.3, -0.25) is 9.59 Å². The monoisotopic (exact) mass is 375 g/mol. The summed E-state index contributed by atoms with van der Waals surface area (Å²) in [6, 6.07) is 6.96. The molecule has 3 nitrogen and oxygen atoms in total. The van der Waals surface area contributed by atoms with Gasteiger partial charge in [0.15, 0.2) is 0 Å². The SMILES string of the molecule is Cc1cc(F)c([C@@H]2CNC(=O)[C@H]2CC(=O)Cc2ccc(C)c(F)c2)c(F)c1. The largest absolute Gasteiger partial charge is 0.355 e. The van der Waals surface area contributed by atoms with E-state index in [0.29, 0.717) is 16.7 Å². The lowest BCUT2D eigenvalue weighted by Gasteiger charge is -2.18. The number of carbonyl (C=O) groups is 2. The van der Waals surface area contributed by atoms with Crippen LogP contribution in [0, 0.1) is 37.2 Å². The fraction of sp³-hybridized carbons (Fsp3) is 0.333. The first-order valence-corrected chi connectivity index (χ1v) is 8.76. The number of Topliss-reactive ketones (excluding diaryl/α,β-unsaturated/α-hetero) is 1. The Hall–Kier alpha value is -2.63. The zero-order valence-electron chi connectivity index (χ0n) is 15.1. The van der Waals surface area contributed by atoms with E-state index in [-0.39, 0.29) is 30.7 Å². The Morgan fingerprint density at radius 3 is 2.37 bits per heavy atom. The highest BCUT2D eigenvalue weighted by molar-refractivity contribution is 5.90. The highest BCUT2D eigenvalue weighted by Gasteiger charge is 2.39. The molecule has 1 fully saturated rings. The minimum atomic E-state index is -0.848. The van der Waals surface area contributed by atoms with E-state index in [9.17, 15) is 22.8 Å². The van der Waals surface area contributed by atoms with Crippen molar-refractivity contribution in [3.05, 3.63) is 70.0 Å². The Balaban J connectivity index is 1.79. The molecule has 1 N–H and O–H groups in total. The van der Waals surface area contributed by atoms with Gasteiger partial charge in [-0.25, -0.2) is 13.2 Å². The summed E-state index contributed by atoms with van der Waals surface area (Å²) in [5.41, 5.74) is 1.26. The van der Waals surface area contributed by atoms with Crippen LogP contribution >= 0.6 is 0 Å². The maximum atomic E-state index is 14.3. The standard InChI is InChI=1S/C21H20F3NO2/c1-11-5-18(23)20(19(24)6-11)16-10-25-21(27)15(16)9-14(26)7-13-4-3-12(2)17(22)8-13/h3-6,8,15-16H,7,9-10H2,1-2H3,(H,25,27)/t15-,16+/m0/s1. The van der Waals surface area contributed by atoms with Gasteiger partial charge in [0.2, 0.25) is 5.91 Å². The van der Waals surface area contributed by atoms with Crippen LogP contribution in [0.25, 0.3) is 0 Å². The molecule has 1 amide bonds. The molecular weight excluding hydrogens is 355 g/mol. The normalized spacial score (nSPS) is 19.2. The van der Waals surface area contributed by atoms with Crippen LogP contribution in [0.15, 0.2) is 30.3 Å². The maximum Gasteiger partial charge on any atom is 0.224 e. The molecule has 0 unspecified atom stereocenters. The Bertz CT molecular complexity index is 887. The Kier molecular flexibility index (Phi) is 5.35. The fourth-order valence-electron chi connectivity index (χ4n) is 3.56. The number of halogens is 3. The van der Waals surface area contributed by atoms with Gasteiger partial charge in [-0.1, -0.05) is 12.1 Å². The van der Waals surface area contributed by atoms with E-state index >= 15 is 0 Å². The van der Waals surface area contributed by atoms with E-state index in [4.69, 9.17) is 0 Å². The average Bonchev–Trinajstić information content (AvgIpc) is 2.91. The van der Waals surface area contributed by atoms with Crippen LogP contribution in [0.1, 0.15) is 34.6 Å². The average molecular weight is 375 g/mol. The number of rotatable bonds is 5. The summed E-state index contributed by atoms with van der Waals surface area (Å²) in [6.07, 6.45) is -0.189. The number of benzene rings is 2. The van der Waals surface area contributed by atoms with Crippen molar-refractivity contribution in [2.45, 2.75) is 32.6 Å². The second kappa shape index (κ2) is 7.55. The topological polar surface area (TPSA) is 46.2 Å². The lowest BCUT2D eigenvalue weighted by atomic mass is 9.83. The van der Waals surface area contributed by atoms with E-state index in [0.717, 1.165) is 0 Å². The number of carbonyl (C=O) groups excluding carboxylic acids is 2. The van der Waals surface area contributed by atoms with Crippen molar-refractivity contribution in [3.63, 3.8) is 0 Å². The van der Waals surface area contributed by atoms with Crippen molar-refractivity contribution in [2.75, 3.05) is 6.54 Å². The molecule has 2 aromatic carbocycles. The molecular formula is C21H20F3NO2. The Labute approximate surface area is 155 Å². The first-order chi connectivity index (χ1) is 12.8. The van der Waals surface area contributed by atoms with Crippen LogP contribution in [-0.2, 0) is 16.0 Å². The van der Waals surface area contributed by atoms with Crippen molar-refractivity contribution in [3.8, 4) is 0 Å². The van der Waals surface area contributed by atoms with Gasteiger partial charge in [-0.15, -0.1) is 0 Å². The molecule has 1 saturated heterocycles. The number of nitrogens with one attached hydrogen (secondary N) is 1. The number of amides is 1. The maximum absolute atomic E-state index is 14.3. The lowest BCUT2D eigenvalue weighted by molar-refractivity contribution is -0.127. The van der Waals surface area contributed by atoms with Crippen LogP contribution in [0.4, 0.5) is 13.2 Å². The molecule has 0 saturated carbocycles. The summed E-state index contributed by atoms with van der Waals surface area (Å²) in [7, 11) is 0. The van der Waals surface area contributed by atoms with Crippen LogP contribution in [0.2, 0.25) is 0 Å². The molecule has 27 heavy (non-hydrogen) atoms. The van der Waals surface area contributed by atoms with Crippen molar-refractivity contribution in [2.24, 2.45) is 5.92 Å². The highest BCUT2D eigenvalue weighted by Crippen LogP contribution is 2.35. The van der Waals surface area contributed by atoms with E-state index in [2.05, 4.69) is 5.32 Å². The second-order valence-corrected chi connectivity index (χ2v) is 7.10. The lowest BCUT2D eigenvalue weighted by Crippen LogP contribution is -2.23. The molecule has 0 spiro atoms. The molecule has 0 radical (unpaired) electrons. The number of hydrogen-bond donors (Lipinski definition) is 1. The summed E-state index contributed by atoms with van der Waals surface area (Å²) in [5, 5.41) is 2.59. The van der Waals surface area contributed by atoms with Gasteiger partial charge >= 0.3 is 0 Å². The first kappa shape index (κ1) is 19.1. The van der Waals surface area contributed by atoms with E-state index in [1.165, 1.54) is 18.2 Å². The molecule has 0 aliphatic carbocycles. The Morgan fingerprint density at radius 2 is 1.74 bits per heavy atom. The van der Waals surface area contributed by atoms with Crippen LogP contribution in [-0.4, -0.2) is 18.2 Å². The smallest absolute Gasteiger partial charge is 0.224 e. The van der Waals surface area contributed by atoms with Gasteiger partial charge < -0.3 is 5.32 Å². The number of aryl methyl sites for hydroxylation is 2. The van der Waals surface area contributed by atoms with Crippen molar-refractivity contribution < 1.29 is 22.8 Å². The zero-order valence-corrected chi connectivity index (χ0v) is 15.1. The molecule has 2 aromatic rings. The second-order valence-electron chi connectivity index (χ2n) is 7.10. The predicted octanol–water partition coefficient (Wildman–Crippen LogP) is 3.75. The minimum absolute atomic E-state index is 0.0352. The van der Waals surface area contributed by atoms with E-state index in [1.54, 1.807) is 26.0 Å². The third-order valence-corrected chi connectivity index (χ3v) is 5.00. The van der Waals surface area contributed by atoms with Crippen LogP contribution in [0.3, 0.4) is 0 Å². The van der Waals surface area contributed by atoms with Crippen molar-refractivity contribution in [1.29, 1.82) is 0 Å². The van der Waals surface area contributed by atoms with Crippen LogP contribution < -0.4 is 5.32 Å². The Morgan fingerprint density at radius 1 is 1.07 bits per heavy atom. The molecule has 2 atom stereocenters. The minimum Gasteiger partial charge on any atom is -0.355 e. The molecule has 1 heterocycles. The van der Waals surface area contributed by atoms with Gasteiger partial charge in [0.25, 0.3) is 0 Å². The summed E-state index contributed by atoms with van der Waals surface area (Å²) in [5.74, 6) is -4.11. The van der Waals surface area contributed by atoms with Crippen molar-refractivity contribution in [1.82, 2.24) is 5.32 Å². The fourth-order valence-corrected chi connectivity index (χ4v) is 3.56. The molecule has 0 bridgehead atoms. The summed E-state index contributed by atoms with van der Waals surface area (Å²) < 4.78 is 42.3. The summed E-state index contributed by atoms with van der Waals surface area (Å²) >= 11 is 0. The molecule has 3 rings (SSSR count). The van der Waals surface area contributed by atoms with E-state index < -0.39 is 35.2 Å². The molecule has 0 aromatic heterocycles. The molecule has 142 valence electrons. The third kappa shape index (κ3) is 4.04. The molecule has 6 heteroatoms. The predicted molar refractivity (Wildman–Crippen MR) is 94.8 cm³/mol. The third-order valence-electron chi connectivity index (χ3n) is 5.00. The van der Waals surface area contributed by atoms with Gasteiger partial charge in [-0.05, 0) is 48.7 Å². The van der Waals surface area contributed by atoms with Crippen molar-refractivity contribution >= 4 is 11.7 Å². The van der Waals surface area contributed by atoms with Gasteiger partial charge in [0, 0.05) is 30.9 Å². The summed E-state index contributed by atoms with van der Waals surface area (Å²) in [4.78, 5) is 24.6. The number of hydrogen-bond acceptors (Lipinski definition) is 2. The molecule has 1 aliphatic heterocycles. The first-order valence-electron chi connectivity index (χ1n) is 8.76. The van der Waals surface area contributed by atoms with Gasteiger partial charge in [0.05, 0.1) is 5.92 Å². The highest BCUT2D eigenvalue weighted by atomic mass is 19.1. The zero-order chi connectivity index (χ0) is 19.7.